The molecule has 0 atom stereocenters. The highest BCUT2D eigenvalue weighted by atomic mass is 16.5. The molecular formula is C23H26N2O4. The van der Waals surface area contributed by atoms with Gasteiger partial charge in [-0.15, -0.1) is 0 Å². The zero-order chi connectivity index (χ0) is 21.0. The first-order valence-electron chi connectivity index (χ1n) is 9.60. The number of carbonyl (C=O) groups is 1. The zero-order valence-corrected chi connectivity index (χ0v) is 17.2. The van der Waals surface area contributed by atoms with Crippen LogP contribution in [0.4, 0.5) is 5.69 Å². The summed E-state index contributed by atoms with van der Waals surface area (Å²) < 4.78 is 12.2. The lowest BCUT2D eigenvalue weighted by atomic mass is 10.1. The summed E-state index contributed by atoms with van der Waals surface area (Å²) in [6.07, 6.45) is 2.50. The smallest absolute Gasteiger partial charge is 0.258 e. The minimum atomic E-state index is -0.303. The Morgan fingerprint density at radius 1 is 1.07 bits per heavy atom. The number of rotatable bonds is 7. The van der Waals surface area contributed by atoms with Gasteiger partial charge in [0.25, 0.3) is 11.5 Å². The summed E-state index contributed by atoms with van der Waals surface area (Å²) in [6.45, 7) is 4.78. The first kappa shape index (κ1) is 20.5. The average Bonchev–Trinajstić information content (AvgIpc) is 2.73. The molecular weight excluding hydrogens is 368 g/mol. The fraction of sp³-hybridized carbons (Fsp3) is 0.304. The van der Waals surface area contributed by atoms with E-state index in [1.54, 1.807) is 48.2 Å². The van der Waals surface area contributed by atoms with Gasteiger partial charge in [0.1, 0.15) is 11.5 Å². The molecule has 6 heteroatoms. The number of pyridine rings is 1. The first-order chi connectivity index (χ1) is 13.9. The highest BCUT2D eigenvalue weighted by Crippen LogP contribution is 2.30. The van der Waals surface area contributed by atoms with Crippen molar-refractivity contribution in [1.29, 1.82) is 0 Å². The number of anilines is 1. The number of ether oxygens (including phenoxy) is 2. The maximum atomic E-state index is 13.1. The van der Waals surface area contributed by atoms with Crippen LogP contribution in [0, 0.1) is 5.92 Å². The summed E-state index contributed by atoms with van der Waals surface area (Å²) in [5, 5.41) is 4.06. The Morgan fingerprint density at radius 2 is 1.79 bits per heavy atom. The Kier molecular flexibility index (Phi) is 6.22. The van der Waals surface area contributed by atoms with Gasteiger partial charge >= 0.3 is 0 Å². The molecule has 1 aromatic heterocycles. The third kappa shape index (κ3) is 4.42. The van der Waals surface area contributed by atoms with Gasteiger partial charge in [0, 0.05) is 29.6 Å². The Bertz CT molecular complexity index is 1090. The minimum Gasteiger partial charge on any atom is -0.497 e. The second kappa shape index (κ2) is 8.82. The van der Waals surface area contributed by atoms with Crippen molar-refractivity contribution in [2.24, 2.45) is 5.92 Å². The number of nitrogens with one attached hydrogen (secondary N) is 1. The molecule has 0 bridgehead atoms. The van der Waals surface area contributed by atoms with Crippen molar-refractivity contribution in [2.75, 3.05) is 19.5 Å². The number of aryl methyl sites for hydroxylation is 1. The van der Waals surface area contributed by atoms with Crippen molar-refractivity contribution in [3.63, 3.8) is 0 Å². The third-order valence-electron chi connectivity index (χ3n) is 4.84. The Labute approximate surface area is 170 Å². The summed E-state index contributed by atoms with van der Waals surface area (Å²) in [5.74, 6) is 1.28. The van der Waals surface area contributed by atoms with Crippen LogP contribution < -0.4 is 20.3 Å². The summed E-state index contributed by atoms with van der Waals surface area (Å²) in [7, 11) is 3.10. The van der Waals surface area contributed by atoms with E-state index in [0.29, 0.717) is 46.0 Å². The van der Waals surface area contributed by atoms with Crippen LogP contribution >= 0.6 is 0 Å². The first-order valence-corrected chi connectivity index (χ1v) is 9.60. The van der Waals surface area contributed by atoms with Crippen LogP contribution in [0.3, 0.4) is 0 Å². The molecule has 0 unspecified atom stereocenters. The molecule has 0 spiro atoms. The summed E-state index contributed by atoms with van der Waals surface area (Å²) >= 11 is 0. The van der Waals surface area contributed by atoms with Crippen LogP contribution in [-0.4, -0.2) is 24.7 Å². The second-order valence-corrected chi connectivity index (χ2v) is 7.29. The van der Waals surface area contributed by atoms with Gasteiger partial charge in [0.15, 0.2) is 0 Å². The maximum absolute atomic E-state index is 13.1. The fourth-order valence-corrected chi connectivity index (χ4v) is 3.18. The van der Waals surface area contributed by atoms with E-state index < -0.39 is 0 Å². The van der Waals surface area contributed by atoms with Gasteiger partial charge < -0.3 is 19.4 Å². The molecule has 1 amide bonds. The lowest BCUT2D eigenvalue weighted by Crippen LogP contribution is -2.24. The molecule has 6 nitrogen and oxygen atoms in total. The van der Waals surface area contributed by atoms with E-state index in [1.807, 2.05) is 12.1 Å². The largest absolute Gasteiger partial charge is 0.497 e. The van der Waals surface area contributed by atoms with E-state index in [-0.39, 0.29) is 11.5 Å². The molecule has 0 aliphatic heterocycles. The van der Waals surface area contributed by atoms with Gasteiger partial charge in [-0.1, -0.05) is 32.0 Å². The molecule has 0 fully saturated rings. The number of benzene rings is 2. The van der Waals surface area contributed by atoms with Gasteiger partial charge in [0.2, 0.25) is 0 Å². The van der Waals surface area contributed by atoms with Gasteiger partial charge in [-0.2, -0.15) is 0 Å². The normalized spacial score (nSPS) is 10.9. The number of nitrogens with zero attached hydrogens (tertiary/aromatic N) is 1. The van der Waals surface area contributed by atoms with Crippen LogP contribution in [0.15, 0.2) is 53.5 Å². The molecule has 3 aromatic rings. The standard InChI is InChI=1S/C23H26N2O4/c1-15(2)11-12-25-14-19(17-7-5-6-8-18(17)23(25)27)22(26)24-20-10-9-16(28-3)13-21(20)29-4/h5-10,13-15H,11-12H2,1-4H3,(H,24,26). The molecule has 2 aromatic carbocycles. The van der Waals surface area contributed by atoms with Crippen molar-refractivity contribution in [3.8, 4) is 11.5 Å². The van der Waals surface area contributed by atoms with Gasteiger partial charge in [-0.3, -0.25) is 9.59 Å². The minimum absolute atomic E-state index is 0.0835. The van der Waals surface area contributed by atoms with Crippen LogP contribution in [-0.2, 0) is 6.54 Å². The molecule has 29 heavy (non-hydrogen) atoms. The number of hydrogen-bond donors (Lipinski definition) is 1. The highest BCUT2D eigenvalue weighted by molar-refractivity contribution is 6.13. The fourth-order valence-electron chi connectivity index (χ4n) is 3.18. The number of fused-ring (bicyclic) bond motifs is 1. The number of hydrogen-bond acceptors (Lipinski definition) is 4. The van der Waals surface area contributed by atoms with Crippen molar-refractivity contribution >= 4 is 22.4 Å². The number of carbonyl (C=O) groups excluding carboxylic acids is 1. The number of amides is 1. The zero-order valence-electron chi connectivity index (χ0n) is 17.2. The molecule has 0 saturated heterocycles. The quantitative estimate of drug-likeness (QED) is 0.648. The topological polar surface area (TPSA) is 69.6 Å². The molecule has 152 valence electrons. The van der Waals surface area contributed by atoms with Crippen molar-refractivity contribution in [1.82, 2.24) is 4.57 Å². The van der Waals surface area contributed by atoms with Gasteiger partial charge in [-0.25, -0.2) is 0 Å². The van der Waals surface area contributed by atoms with Crippen molar-refractivity contribution in [3.05, 3.63) is 64.6 Å². The van der Waals surface area contributed by atoms with E-state index in [4.69, 9.17) is 9.47 Å². The highest BCUT2D eigenvalue weighted by Gasteiger charge is 2.17. The molecule has 1 heterocycles. The van der Waals surface area contributed by atoms with Crippen LogP contribution in [0.2, 0.25) is 0 Å². The van der Waals surface area contributed by atoms with Crippen molar-refractivity contribution < 1.29 is 14.3 Å². The molecule has 1 N–H and O–H groups in total. The Hall–Kier alpha value is -3.28. The molecule has 0 saturated carbocycles. The lowest BCUT2D eigenvalue weighted by molar-refractivity contribution is 0.102. The van der Waals surface area contributed by atoms with E-state index >= 15 is 0 Å². The van der Waals surface area contributed by atoms with Gasteiger partial charge in [0.05, 0.1) is 25.5 Å². The van der Waals surface area contributed by atoms with Gasteiger partial charge in [-0.05, 0) is 30.5 Å². The van der Waals surface area contributed by atoms with E-state index in [2.05, 4.69) is 19.2 Å². The Balaban J connectivity index is 2.03. The molecule has 0 aliphatic rings. The van der Waals surface area contributed by atoms with Crippen molar-refractivity contribution in [2.45, 2.75) is 26.8 Å². The summed E-state index contributed by atoms with van der Waals surface area (Å²) in [6, 6.07) is 12.4. The predicted molar refractivity (Wildman–Crippen MR) is 115 cm³/mol. The van der Waals surface area contributed by atoms with E-state index in [9.17, 15) is 9.59 Å². The van der Waals surface area contributed by atoms with Crippen LogP contribution in [0.25, 0.3) is 10.8 Å². The lowest BCUT2D eigenvalue weighted by Gasteiger charge is -2.15. The second-order valence-electron chi connectivity index (χ2n) is 7.29. The molecule has 0 radical (unpaired) electrons. The summed E-state index contributed by atoms with van der Waals surface area (Å²) in [4.78, 5) is 26.0. The maximum Gasteiger partial charge on any atom is 0.258 e. The SMILES string of the molecule is COc1ccc(NC(=O)c2cn(CCC(C)C)c(=O)c3ccccc23)c(OC)c1. The third-order valence-corrected chi connectivity index (χ3v) is 4.84. The predicted octanol–water partition coefficient (Wildman–Crippen LogP) is 4.32. The Morgan fingerprint density at radius 3 is 2.45 bits per heavy atom. The van der Waals surface area contributed by atoms with Crippen LogP contribution in [0.5, 0.6) is 11.5 Å². The van der Waals surface area contributed by atoms with Crippen LogP contribution in [0.1, 0.15) is 30.6 Å². The molecule has 3 rings (SSSR count). The molecule has 0 aliphatic carbocycles. The van der Waals surface area contributed by atoms with E-state index in [1.165, 1.54) is 7.11 Å². The number of methoxy groups -OCH3 is 2. The monoisotopic (exact) mass is 394 g/mol. The number of aromatic nitrogens is 1. The summed E-state index contributed by atoms with van der Waals surface area (Å²) in [5.41, 5.74) is 0.893. The average molecular weight is 394 g/mol. The van der Waals surface area contributed by atoms with E-state index in [0.717, 1.165) is 6.42 Å².